The summed E-state index contributed by atoms with van der Waals surface area (Å²) in [6.07, 6.45) is 0. The van der Waals surface area contributed by atoms with Crippen molar-refractivity contribution in [3.05, 3.63) is 54.6 Å². The van der Waals surface area contributed by atoms with Gasteiger partial charge < -0.3 is 10.1 Å². The number of ether oxygens (including phenoxy) is 1. The summed E-state index contributed by atoms with van der Waals surface area (Å²) in [5.74, 6) is 0.662. The average Bonchev–Trinajstić information content (AvgIpc) is 3.14. The van der Waals surface area contributed by atoms with Crippen molar-refractivity contribution in [2.75, 3.05) is 31.7 Å². The number of benzene rings is 2. The number of nitrogens with one attached hydrogen (secondary N) is 1. The van der Waals surface area contributed by atoms with E-state index in [0.29, 0.717) is 5.75 Å². The molecule has 7 nitrogen and oxygen atoms in total. The molecule has 1 aromatic heterocycles. The van der Waals surface area contributed by atoms with Crippen LogP contribution in [0.5, 0.6) is 5.75 Å². The Balaban J connectivity index is 1.46. The zero-order chi connectivity index (χ0) is 22.5. The lowest BCUT2D eigenvalue weighted by molar-refractivity contribution is -0.125. The molecule has 2 aromatic carbocycles. The van der Waals surface area contributed by atoms with Gasteiger partial charge in [-0.25, -0.2) is 4.98 Å². The highest BCUT2D eigenvalue weighted by Crippen LogP contribution is 2.33. The van der Waals surface area contributed by atoms with E-state index in [9.17, 15) is 14.4 Å². The summed E-state index contributed by atoms with van der Waals surface area (Å²) >= 11 is 2.32. The van der Waals surface area contributed by atoms with E-state index in [1.54, 1.807) is 7.11 Å². The van der Waals surface area contributed by atoms with Crippen molar-refractivity contribution in [2.45, 2.75) is 5.03 Å². The second kappa shape index (κ2) is 10.1. The van der Waals surface area contributed by atoms with E-state index in [4.69, 9.17) is 9.72 Å². The van der Waals surface area contributed by atoms with Crippen LogP contribution in [0, 0.1) is 0 Å². The molecule has 2 heterocycles. The van der Waals surface area contributed by atoms with Crippen molar-refractivity contribution >= 4 is 51.5 Å². The van der Waals surface area contributed by atoms with Gasteiger partial charge in [0.05, 0.1) is 29.2 Å². The summed E-state index contributed by atoms with van der Waals surface area (Å²) in [5, 5.41) is 4.23. The van der Waals surface area contributed by atoms with E-state index in [1.807, 2.05) is 54.6 Å². The number of fused-ring (bicyclic) bond motifs is 1. The van der Waals surface area contributed by atoms with Crippen LogP contribution >= 0.6 is 23.5 Å². The van der Waals surface area contributed by atoms with Gasteiger partial charge in [0.1, 0.15) is 5.75 Å². The molecule has 3 aromatic rings. The number of thioether (sulfide) groups is 2. The molecule has 0 radical (unpaired) electrons. The lowest BCUT2D eigenvalue weighted by Crippen LogP contribution is -2.38. The summed E-state index contributed by atoms with van der Waals surface area (Å²) in [4.78, 5) is 41.4. The Kier molecular flexibility index (Phi) is 6.96. The maximum Gasteiger partial charge on any atom is 0.288 e. The van der Waals surface area contributed by atoms with Gasteiger partial charge in [0.25, 0.3) is 5.24 Å². The number of hydrogen-bond donors (Lipinski definition) is 1. The first-order chi connectivity index (χ1) is 15.5. The number of methoxy groups -OCH3 is 1. The fourth-order valence-electron chi connectivity index (χ4n) is 3.34. The molecule has 0 aliphatic carbocycles. The minimum Gasteiger partial charge on any atom is -0.497 e. The molecule has 1 aliphatic rings. The zero-order valence-corrected chi connectivity index (χ0v) is 19.0. The molecule has 0 bridgehead atoms. The van der Waals surface area contributed by atoms with Crippen LogP contribution in [0.25, 0.3) is 22.0 Å². The van der Waals surface area contributed by atoms with E-state index in [2.05, 4.69) is 5.32 Å². The summed E-state index contributed by atoms with van der Waals surface area (Å²) in [6, 6.07) is 17.8. The number of amides is 3. The van der Waals surface area contributed by atoms with Crippen LogP contribution in [0.2, 0.25) is 0 Å². The fourth-order valence-corrected chi connectivity index (χ4v) is 4.83. The minimum atomic E-state index is -0.261. The second-order valence-corrected chi connectivity index (χ2v) is 8.92. The van der Waals surface area contributed by atoms with Crippen LogP contribution in [0.1, 0.15) is 0 Å². The number of pyridine rings is 1. The molecule has 4 rings (SSSR count). The normalized spacial score (nSPS) is 13.6. The van der Waals surface area contributed by atoms with Crippen LogP contribution in [-0.2, 0) is 9.59 Å². The van der Waals surface area contributed by atoms with E-state index in [1.165, 1.54) is 16.7 Å². The van der Waals surface area contributed by atoms with Crippen molar-refractivity contribution in [2.24, 2.45) is 0 Å². The van der Waals surface area contributed by atoms with Crippen molar-refractivity contribution in [1.29, 1.82) is 0 Å². The molecular weight excluding hydrogens is 446 g/mol. The minimum absolute atomic E-state index is 0.171. The maximum absolute atomic E-state index is 12.3. The van der Waals surface area contributed by atoms with Gasteiger partial charge in [-0.05, 0) is 29.3 Å². The van der Waals surface area contributed by atoms with Crippen LogP contribution in [-0.4, -0.2) is 58.6 Å². The summed E-state index contributed by atoms with van der Waals surface area (Å²) in [7, 11) is 1.62. The van der Waals surface area contributed by atoms with Crippen molar-refractivity contribution in [1.82, 2.24) is 15.2 Å². The summed E-state index contributed by atoms with van der Waals surface area (Å²) in [6.45, 7) is 0.419. The Morgan fingerprint density at radius 3 is 2.72 bits per heavy atom. The van der Waals surface area contributed by atoms with Gasteiger partial charge in [-0.3, -0.25) is 19.3 Å². The number of aromatic nitrogens is 1. The first kappa shape index (κ1) is 22.2. The van der Waals surface area contributed by atoms with Crippen LogP contribution in [0.3, 0.4) is 0 Å². The molecule has 0 spiro atoms. The van der Waals surface area contributed by atoms with Crippen molar-refractivity contribution in [3.63, 3.8) is 0 Å². The molecule has 0 atom stereocenters. The third-order valence-corrected chi connectivity index (χ3v) is 6.70. The maximum atomic E-state index is 12.3. The van der Waals surface area contributed by atoms with Gasteiger partial charge >= 0.3 is 0 Å². The van der Waals surface area contributed by atoms with E-state index >= 15 is 0 Å². The SMILES string of the molecule is COc1ccc2c(-c3ccccc3)cc(SCC(=O)NCCN3C(=O)CSC3=O)nc2c1. The highest BCUT2D eigenvalue weighted by Gasteiger charge is 2.29. The standard InChI is InChI=1S/C23H21N3O4S2/c1-30-16-7-8-17-18(15-5-3-2-4-6-15)12-21(25-19(17)11-16)31-13-20(27)24-9-10-26-22(28)14-32-23(26)29/h2-8,11-12H,9-10,13-14H2,1H3,(H,24,27). The number of rotatable bonds is 8. The van der Waals surface area contributed by atoms with Crippen LogP contribution in [0.15, 0.2) is 59.6 Å². The first-order valence-corrected chi connectivity index (χ1v) is 11.9. The molecule has 164 valence electrons. The topological polar surface area (TPSA) is 88.6 Å². The van der Waals surface area contributed by atoms with E-state index in [-0.39, 0.29) is 41.6 Å². The molecule has 0 saturated carbocycles. The molecule has 0 unspecified atom stereocenters. The van der Waals surface area contributed by atoms with Crippen molar-refractivity contribution in [3.8, 4) is 16.9 Å². The second-order valence-electron chi connectivity index (χ2n) is 7.00. The van der Waals surface area contributed by atoms with Gasteiger partial charge in [0.15, 0.2) is 0 Å². The third kappa shape index (κ3) is 5.05. The number of imide groups is 1. The largest absolute Gasteiger partial charge is 0.497 e. The number of hydrogen-bond acceptors (Lipinski definition) is 7. The average molecular weight is 468 g/mol. The van der Waals surface area contributed by atoms with Gasteiger partial charge in [0, 0.05) is 24.5 Å². The van der Waals surface area contributed by atoms with E-state index in [0.717, 1.165) is 38.8 Å². The molecule has 1 fully saturated rings. The van der Waals surface area contributed by atoms with Gasteiger partial charge in [-0.15, -0.1) is 0 Å². The number of carbonyl (C=O) groups excluding carboxylic acids is 3. The quantitative estimate of drug-likeness (QED) is 0.504. The van der Waals surface area contributed by atoms with Crippen LogP contribution < -0.4 is 10.1 Å². The predicted octanol–water partition coefficient (Wildman–Crippen LogP) is 3.81. The molecule has 1 saturated heterocycles. The lowest BCUT2D eigenvalue weighted by atomic mass is 10.0. The van der Waals surface area contributed by atoms with Crippen molar-refractivity contribution < 1.29 is 19.1 Å². The van der Waals surface area contributed by atoms with Gasteiger partial charge in [0.2, 0.25) is 11.8 Å². The molecule has 3 amide bonds. The molecule has 1 aliphatic heterocycles. The monoisotopic (exact) mass is 467 g/mol. The van der Waals surface area contributed by atoms with Gasteiger partial charge in [-0.2, -0.15) is 0 Å². The molecule has 32 heavy (non-hydrogen) atoms. The van der Waals surface area contributed by atoms with E-state index < -0.39 is 0 Å². The van der Waals surface area contributed by atoms with Crippen LogP contribution in [0.4, 0.5) is 4.79 Å². The highest BCUT2D eigenvalue weighted by atomic mass is 32.2. The number of nitrogens with zero attached hydrogens (tertiary/aromatic N) is 2. The first-order valence-electron chi connectivity index (χ1n) is 9.96. The Morgan fingerprint density at radius 2 is 2.00 bits per heavy atom. The van der Waals surface area contributed by atoms with Gasteiger partial charge in [-0.1, -0.05) is 53.9 Å². The highest BCUT2D eigenvalue weighted by molar-refractivity contribution is 8.14. The Labute approximate surface area is 193 Å². The lowest BCUT2D eigenvalue weighted by Gasteiger charge is -2.13. The Morgan fingerprint density at radius 1 is 1.19 bits per heavy atom. The smallest absolute Gasteiger partial charge is 0.288 e. The fraction of sp³-hybridized carbons (Fsp3) is 0.217. The molecule has 1 N–H and O–H groups in total. The summed E-state index contributed by atoms with van der Waals surface area (Å²) in [5.41, 5.74) is 2.89. The molecular formula is C23H21N3O4S2. The zero-order valence-electron chi connectivity index (χ0n) is 17.4. The third-order valence-electron chi connectivity index (χ3n) is 4.93. The molecule has 9 heteroatoms. The number of carbonyl (C=O) groups is 3. The summed E-state index contributed by atoms with van der Waals surface area (Å²) < 4.78 is 5.34. The predicted molar refractivity (Wildman–Crippen MR) is 127 cm³/mol. The Bertz CT molecular complexity index is 1150. The Hall–Kier alpha value is -3.04.